The molecular weight excluding hydrogens is 442 g/mol. The molecule has 0 bridgehead atoms. The molecule has 0 aliphatic carbocycles. The number of nitrogens with zero attached hydrogens (tertiary/aromatic N) is 1. The zero-order valence-corrected chi connectivity index (χ0v) is 22.0. The second kappa shape index (κ2) is 12.4. The first kappa shape index (κ1) is 27.9. The molecular formula is C28H39N3O4. The molecule has 1 atom stereocenters. The molecule has 2 N–H and O–H groups in total. The van der Waals surface area contributed by atoms with Crippen molar-refractivity contribution in [2.75, 3.05) is 18.4 Å². The van der Waals surface area contributed by atoms with Crippen LogP contribution in [-0.4, -0.2) is 41.5 Å². The predicted molar refractivity (Wildman–Crippen MR) is 139 cm³/mol. The highest BCUT2D eigenvalue weighted by Crippen LogP contribution is 2.27. The van der Waals surface area contributed by atoms with E-state index in [1.807, 2.05) is 70.2 Å². The Bertz CT molecular complexity index is 1020. The van der Waals surface area contributed by atoms with Gasteiger partial charge in [-0.05, 0) is 65.2 Å². The number of hydrogen-bond donors (Lipinski definition) is 2. The summed E-state index contributed by atoms with van der Waals surface area (Å²) < 4.78 is 5.27. The largest absolute Gasteiger partial charge is 0.444 e. The van der Waals surface area contributed by atoms with Gasteiger partial charge in [-0.25, -0.2) is 4.79 Å². The molecule has 7 heteroatoms. The minimum Gasteiger partial charge on any atom is -0.444 e. The van der Waals surface area contributed by atoms with E-state index in [1.165, 1.54) is 0 Å². The van der Waals surface area contributed by atoms with Gasteiger partial charge in [-0.15, -0.1) is 0 Å². The van der Waals surface area contributed by atoms with Crippen molar-refractivity contribution in [3.8, 4) is 0 Å². The summed E-state index contributed by atoms with van der Waals surface area (Å²) in [7, 11) is 0. The Labute approximate surface area is 209 Å². The smallest absolute Gasteiger partial charge is 0.408 e. The van der Waals surface area contributed by atoms with E-state index < -0.39 is 17.7 Å². The molecule has 0 saturated heterocycles. The fourth-order valence-electron chi connectivity index (χ4n) is 3.84. The van der Waals surface area contributed by atoms with E-state index in [9.17, 15) is 14.4 Å². The van der Waals surface area contributed by atoms with Gasteiger partial charge in [0.2, 0.25) is 5.91 Å². The van der Waals surface area contributed by atoms with Gasteiger partial charge in [-0.1, -0.05) is 60.9 Å². The van der Waals surface area contributed by atoms with Gasteiger partial charge in [0.05, 0.1) is 0 Å². The SMILES string of the molecule is CCCCN(C(=O)CNC(=O)OC(C)(C)C)C(C(=O)Nc1ccccc1C)c1cc(C)cc(C)c1. The average Bonchev–Trinajstić information content (AvgIpc) is 2.74. The van der Waals surface area contributed by atoms with Gasteiger partial charge in [0.25, 0.3) is 5.91 Å². The van der Waals surface area contributed by atoms with Crippen molar-refractivity contribution < 1.29 is 19.1 Å². The second-order valence-electron chi connectivity index (χ2n) is 9.92. The van der Waals surface area contributed by atoms with Crippen LogP contribution in [0.1, 0.15) is 68.8 Å². The molecule has 190 valence electrons. The number of alkyl carbamates (subject to hydrolysis) is 1. The lowest BCUT2D eigenvalue weighted by Gasteiger charge is -2.32. The molecule has 0 aromatic heterocycles. The number of anilines is 1. The van der Waals surface area contributed by atoms with Gasteiger partial charge >= 0.3 is 6.09 Å². The number of aryl methyl sites for hydroxylation is 3. The van der Waals surface area contributed by atoms with Crippen molar-refractivity contribution in [2.45, 2.75) is 73.0 Å². The molecule has 1 unspecified atom stereocenters. The average molecular weight is 482 g/mol. The molecule has 0 spiro atoms. The van der Waals surface area contributed by atoms with Crippen molar-refractivity contribution in [3.05, 3.63) is 64.7 Å². The zero-order chi connectivity index (χ0) is 26.2. The third kappa shape index (κ3) is 8.74. The summed E-state index contributed by atoms with van der Waals surface area (Å²) in [4.78, 5) is 40.8. The first-order valence-corrected chi connectivity index (χ1v) is 12.1. The zero-order valence-electron chi connectivity index (χ0n) is 22.0. The van der Waals surface area contributed by atoms with Crippen LogP contribution < -0.4 is 10.6 Å². The van der Waals surface area contributed by atoms with E-state index >= 15 is 0 Å². The summed E-state index contributed by atoms with van der Waals surface area (Å²) in [6.45, 7) is 13.3. The van der Waals surface area contributed by atoms with E-state index in [1.54, 1.807) is 25.7 Å². The number of nitrogens with one attached hydrogen (secondary N) is 2. The molecule has 0 heterocycles. The van der Waals surface area contributed by atoms with E-state index in [0.29, 0.717) is 12.2 Å². The van der Waals surface area contributed by atoms with Gasteiger partial charge in [0.15, 0.2) is 0 Å². The number of carbonyl (C=O) groups excluding carboxylic acids is 3. The van der Waals surface area contributed by atoms with Crippen molar-refractivity contribution in [3.63, 3.8) is 0 Å². The van der Waals surface area contributed by atoms with Gasteiger partial charge < -0.3 is 20.3 Å². The summed E-state index contributed by atoms with van der Waals surface area (Å²) in [6.07, 6.45) is 0.896. The maximum atomic E-state index is 13.7. The molecule has 2 aromatic carbocycles. The van der Waals surface area contributed by atoms with Crippen LogP contribution in [0.4, 0.5) is 10.5 Å². The maximum absolute atomic E-state index is 13.7. The van der Waals surface area contributed by atoms with Crippen LogP contribution in [-0.2, 0) is 14.3 Å². The van der Waals surface area contributed by atoms with Gasteiger partial charge in [-0.3, -0.25) is 9.59 Å². The highest BCUT2D eigenvalue weighted by atomic mass is 16.6. The number of hydrogen-bond acceptors (Lipinski definition) is 4. The number of para-hydroxylation sites is 1. The standard InChI is InChI=1S/C28H39N3O4/c1-8-9-14-31(24(32)18-29-27(34)35-28(5,6)7)25(22-16-19(2)15-20(3)17-22)26(33)30-23-13-11-10-12-21(23)4/h10-13,15-17,25H,8-9,14,18H2,1-7H3,(H,29,34)(H,30,33). The van der Waals surface area contributed by atoms with Crippen LogP contribution in [0.2, 0.25) is 0 Å². The maximum Gasteiger partial charge on any atom is 0.408 e. The monoisotopic (exact) mass is 481 g/mol. The summed E-state index contributed by atoms with van der Waals surface area (Å²) in [5.74, 6) is -0.653. The Hall–Kier alpha value is -3.35. The third-order valence-electron chi connectivity index (χ3n) is 5.38. The fourth-order valence-corrected chi connectivity index (χ4v) is 3.84. The molecule has 0 aliphatic rings. The second-order valence-corrected chi connectivity index (χ2v) is 9.92. The number of unbranched alkanes of at least 4 members (excludes halogenated alkanes) is 1. The van der Waals surface area contributed by atoms with E-state index in [4.69, 9.17) is 4.74 Å². The third-order valence-corrected chi connectivity index (χ3v) is 5.38. The van der Waals surface area contributed by atoms with Gasteiger partial charge in [-0.2, -0.15) is 0 Å². The van der Waals surface area contributed by atoms with E-state index in [-0.39, 0.29) is 18.4 Å². The normalized spacial score (nSPS) is 12.0. The summed E-state index contributed by atoms with van der Waals surface area (Å²) in [5.41, 5.74) is 3.69. The first-order valence-electron chi connectivity index (χ1n) is 12.1. The number of rotatable bonds is 9. The van der Waals surface area contributed by atoms with Crippen LogP contribution in [0.25, 0.3) is 0 Å². The van der Waals surface area contributed by atoms with Crippen LogP contribution in [0.5, 0.6) is 0 Å². The fraction of sp³-hybridized carbons (Fsp3) is 0.464. The minimum absolute atomic E-state index is 0.266. The predicted octanol–water partition coefficient (Wildman–Crippen LogP) is 5.45. The van der Waals surface area contributed by atoms with E-state index in [2.05, 4.69) is 10.6 Å². The Morgan fingerprint density at radius 3 is 2.20 bits per heavy atom. The molecule has 0 radical (unpaired) electrons. The molecule has 0 aliphatic heterocycles. The number of benzene rings is 2. The van der Waals surface area contributed by atoms with Crippen LogP contribution >= 0.6 is 0 Å². The molecule has 35 heavy (non-hydrogen) atoms. The molecule has 7 nitrogen and oxygen atoms in total. The van der Waals surface area contributed by atoms with Crippen LogP contribution in [0.15, 0.2) is 42.5 Å². The lowest BCUT2D eigenvalue weighted by molar-refractivity contribution is -0.138. The van der Waals surface area contributed by atoms with Crippen molar-refractivity contribution in [2.24, 2.45) is 0 Å². The quantitative estimate of drug-likeness (QED) is 0.499. The molecule has 3 amide bonds. The lowest BCUT2D eigenvalue weighted by Crippen LogP contribution is -2.47. The number of ether oxygens (including phenoxy) is 1. The number of amides is 3. The Morgan fingerprint density at radius 1 is 1.00 bits per heavy atom. The topological polar surface area (TPSA) is 87.7 Å². The van der Waals surface area contributed by atoms with Crippen LogP contribution in [0, 0.1) is 20.8 Å². The van der Waals surface area contributed by atoms with E-state index in [0.717, 1.165) is 35.1 Å². The summed E-state index contributed by atoms with van der Waals surface area (Å²) >= 11 is 0. The molecule has 2 rings (SSSR count). The highest BCUT2D eigenvalue weighted by Gasteiger charge is 2.32. The lowest BCUT2D eigenvalue weighted by atomic mass is 9.98. The van der Waals surface area contributed by atoms with Crippen molar-refractivity contribution >= 4 is 23.6 Å². The highest BCUT2D eigenvalue weighted by molar-refractivity contribution is 5.98. The van der Waals surface area contributed by atoms with Gasteiger partial charge in [0, 0.05) is 12.2 Å². The number of carbonyl (C=O) groups is 3. The first-order chi connectivity index (χ1) is 16.4. The van der Waals surface area contributed by atoms with Gasteiger partial charge in [0.1, 0.15) is 18.2 Å². The minimum atomic E-state index is -0.854. The Balaban J connectivity index is 2.41. The molecule has 0 fully saturated rings. The Morgan fingerprint density at radius 2 is 1.63 bits per heavy atom. The molecule has 0 saturated carbocycles. The van der Waals surface area contributed by atoms with Crippen molar-refractivity contribution in [1.82, 2.24) is 10.2 Å². The summed E-state index contributed by atoms with van der Waals surface area (Å²) in [6, 6.07) is 12.6. The van der Waals surface area contributed by atoms with Crippen molar-refractivity contribution in [1.29, 1.82) is 0 Å². The Kier molecular flexibility index (Phi) is 9.87. The van der Waals surface area contributed by atoms with Crippen LogP contribution in [0.3, 0.4) is 0 Å². The molecule has 2 aromatic rings. The summed E-state index contributed by atoms with van der Waals surface area (Å²) in [5, 5.41) is 5.55.